The van der Waals surface area contributed by atoms with Crippen molar-refractivity contribution < 1.29 is 14.3 Å². The summed E-state index contributed by atoms with van der Waals surface area (Å²) in [4.78, 5) is 25.4. The molecule has 5 heteroatoms. The fourth-order valence-electron chi connectivity index (χ4n) is 2.84. The molecular formula is C18H26N2O3. The van der Waals surface area contributed by atoms with Gasteiger partial charge in [-0.3, -0.25) is 9.59 Å². The summed E-state index contributed by atoms with van der Waals surface area (Å²) in [5.41, 5.74) is 2.43. The van der Waals surface area contributed by atoms with Crippen LogP contribution in [0, 0.1) is 6.92 Å². The van der Waals surface area contributed by atoms with E-state index >= 15 is 0 Å². The van der Waals surface area contributed by atoms with Crippen LogP contribution in [-0.2, 0) is 9.59 Å². The summed E-state index contributed by atoms with van der Waals surface area (Å²) < 4.78 is 5.50. The number of benzene rings is 1. The monoisotopic (exact) mass is 318 g/mol. The third kappa shape index (κ3) is 4.98. The van der Waals surface area contributed by atoms with Crippen molar-refractivity contribution in [1.82, 2.24) is 10.2 Å². The van der Waals surface area contributed by atoms with Crippen LogP contribution in [0.3, 0.4) is 0 Å². The minimum atomic E-state index is -0.275. The third-order valence-electron chi connectivity index (χ3n) is 4.13. The van der Waals surface area contributed by atoms with Gasteiger partial charge in [-0.2, -0.15) is 0 Å². The Morgan fingerprint density at radius 1 is 1.26 bits per heavy atom. The van der Waals surface area contributed by atoms with Crippen LogP contribution in [0.25, 0.3) is 0 Å². The van der Waals surface area contributed by atoms with Gasteiger partial charge in [-0.1, -0.05) is 19.9 Å². The highest BCUT2D eigenvalue weighted by Crippen LogP contribution is 2.23. The molecule has 1 fully saturated rings. The molecule has 0 spiro atoms. The van der Waals surface area contributed by atoms with E-state index in [2.05, 4.69) is 19.2 Å². The van der Waals surface area contributed by atoms with E-state index in [1.807, 2.05) is 25.1 Å². The topological polar surface area (TPSA) is 58.6 Å². The van der Waals surface area contributed by atoms with Gasteiger partial charge in [-0.15, -0.1) is 0 Å². The lowest BCUT2D eigenvalue weighted by atomic mass is 9.98. The summed E-state index contributed by atoms with van der Waals surface area (Å²) in [7, 11) is 0. The number of nitrogens with zero attached hydrogens (tertiary/aromatic N) is 1. The van der Waals surface area contributed by atoms with Gasteiger partial charge in [0.05, 0.1) is 6.54 Å². The minimum absolute atomic E-state index is 0.0204. The van der Waals surface area contributed by atoms with Crippen LogP contribution in [-0.4, -0.2) is 43.0 Å². The summed E-state index contributed by atoms with van der Waals surface area (Å²) in [6.07, 6.45) is 2.10. The molecule has 23 heavy (non-hydrogen) atoms. The Labute approximate surface area is 138 Å². The van der Waals surface area contributed by atoms with Crippen molar-refractivity contribution >= 4 is 11.8 Å². The smallest absolute Gasteiger partial charge is 0.258 e. The Morgan fingerprint density at radius 3 is 2.57 bits per heavy atom. The average molecular weight is 318 g/mol. The van der Waals surface area contributed by atoms with Crippen molar-refractivity contribution in [2.75, 3.05) is 26.2 Å². The van der Waals surface area contributed by atoms with Gasteiger partial charge in [0.1, 0.15) is 5.75 Å². The average Bonchev–Trinajstić information content (AvgIpc) is 3.04. The first-order valence-corrected chi connectivity index (χ1v) is 8.25. The fraction of sp³-hybridized carbons (Fsp3) is 0.556. The van der Waals surface area contributed by atoms with Crippen LogP contribution in [0.4, 0.5) is 0 Å². The first-order valence-electron chi connectivity index (χ1n) is 8.25. The van der Waals surface area contributed by atoms with E-state index in [4.69, 9.17) is 4.74 Å². The number of nitrogens with one attached hydrogen (secondary N) is 1. The molecule has 1 aromatic rings. The summed E-state index contributed by atoms with van der Waals surface area (Å²) in [5, 5.41) is 2.62. The highest BCUT2D eigenvalue weighted by Gasteiger charge is 2.18. The van der Waals surface area contributed by atoms with E-state index in [9.17, 15) is 9.59 Å². The van der Waals surface area contributed by atoms with Crippen LogP contribution in [0.15, 0.2) is 18.2 Å². The zero-order valence-corrected chi connectivity index (χ0v) is 14.2. The number of hydrogen-bond acceptors (Lipinski definition) is 3. The predicted octanol–water partition coefficient (Wildman–Crippen LogP) is 2.24. The molecule has 0 aliphatic carbocycles. The molecule has 0 aromatic heterocycles. The van der Waals surface area contributed by atoms with Crippen LogP contribution in [0.1, 0.15) is 43.7 Å². The van der Waals surface area contributed by atoms with Crippen LogP contribution < -0.4 is 10.1 Å². The van der Waals surface area contributed by atoms with Crippen LogP contribution in [0.5, 0.6) is 5.75 Å². The number of likely N-dealkylation sites (tertiary alicyclic amines) is 1. The van der Waals surface area contributed by atoms with Gasteiger partial charge in [-0.25, -0.2) is 0 Å². The van der Waals surface area contributed by atoms with Crippen molar-refractivity contribution in [3.05, 3.63) is 29.3 Å². The Kier molecular flexibility index (Phi) is 6.02. The summed E-state index contributed by atoms with van der Waals surface area (Å²) in [5.74, 6) is 0.841. The highest BCUT2D eigenvalue weighted by molar-refractivity contribution is 5.85. The Hall–Kier alpha value is -2.04. The normalized spacial score (nSPS) is 14.2. The molecule has 0 bridgehead atoms. The molecule has 1 aliphatic rings. The molecule has 5 nitrogen and oxygen atoms in total. The molecule has 1 aliphatic heterocycles. The van der Waals surface area contributed by atoms with E-state index in [0.29, 0.717) is 11.7 Å². The van der Waals surface area contributed by atoms with Gasteiger partial charge in [0.25, 0.3) is 5.91 Å². The lowest BCUT2D eigenvalue weighted by Gasteiger charge is -2.15. The molecule has 2 amide bonds. The molecule has 0 saturated carbocycles. The molecule has 2 rings (SSSR count). The van der Waals surface area contributed by atoms with Crippen molar-refractivity contribution in [1.29, 1.82) is 0 Å². The molecule has 0 atom stereocenters. The SMILES string of the molecule is Cc1cc(OCC(=O)NCC(=O)N2CCCC2)ccc1C(C)C. The number of aryl methyl sites for hydroxylation is 1. The molecule has 126 valence electrons. The molecular weight excluding hydrogens is 292 g/mol. The van der Waals surface area contributed by atoms with Crippen LogP contribution in [0.2, 0.25) is 0 Å². The quantitative estimate of drug-likeness (QED) is 0.875. The third-order valence-corrected chi connectivity index (χ3v) is 4.13. The predicted molar refractivity (Wildman–Crippen MR) is 89.6 cm³/mol. The molecule has 0 radical (unpaired) electrons. The van der Waals surface area contributed by atoms with Gasteiger partial charge in [0.15, 0.2) is 6.61 Å². The summed E-state index contributed by atoms with van der Waals surface area (Å²) >= 11 is 0. The molecule has 1 aromatic carbocycles. The number of carbonyl (C=O) groups excluding carboxylic acids is 2. The Morgan fingerprint density at radius 2 is 1.96 bits per heavy atom. The zero-order chi connectivity index (χ0) is 16.8. The second kappa shape index (κ2) is 7.99. The van der Waals surface area contributed by atoms with Crippen molar-refractivity contribution in [2.24, 2.45) is 0 Å². The Balaban J connectivity index is 1.75. The molecule has 0 unspecified atom stereocenters. The number of carbonyl (C=O) groups is 2. The van der Waals surface area contributed by atoms with Crippen molar-refractivity contribution in [3.8, 4) is 5.75 Å². The maximum absolute atomic E-state index is 11.8. The van der Waals surface area contributed by atoms with E-state index in [1.54, 1.807) is 4.90 Å². The van der Waals surface area contributed by atoms with Gasteiger partial charge in [-0.05, 0) is 48.9 Å². The zero-order valence-electron chi connectivity index (χ0n) is 14.2. The first kappa shape index (κ1) is 17.3. The van der Waals surface area contributed by atoms with Crippen LogP contribution >= 0.6 is 0 Å². The number of amides is 2. The molecule has 1 heterocycles. The van der Waals surface area contributed by atoms with E-state index in [0.717, 1.165) is 31.5 Å². The number of ether oxygens (including phenoxy) is 1. The van der Waals surface area contributed by atoms with E-state index < -0.39 is 0 Å². The van der Waals surface area contributed by atoms with Gasteiger partial charge in [0, 0.05) is 13.1 Å². The lowest BCUT2D eigenvalue weighted by molar-refractivity contribution is -0.132. The summed E-state index contributed by atoms with van der Waals surface area (Å²) in [6, 6.07) is 5.85. The Bertz CT molecular complexity index is 563. The lowest BCUT2D eigenvalue weighted by Crippen LogP contribution is -2.40. The van der Waals surface area contributed by atoms with Crippen molar-refractivity contribution in [3.63, 3.8) is 0 Å². The maximum Gasteiger partial charge on any atom is 0.258 e. The van der Waals surface area contributed by atoms with E-state index in [-0.39, 0.29) is 25.0 Å². The number of rotatable bonds is 6. The molecule has 1 N–H and O–H groups in total. The number of hydrogen-bond donors (Lipinski definition) is 1. The second-order valence-corrected chi connectivity index (χ2v) is 6.33. The fourth-order valence-corrected chi connectivity index (χ4v) is 2.84. The second-order valence-electron chi connectivity index (χ2n) is 6.33. The van der Waals surface area contributed by atoms with Crippen molar-refractivity contribution in [2.45, 2.75) is 39.5 Å². The van der Waals surface area contributed by atoms with E-state index in [1.165, 1.54) is 5.56 Å². The van der Waals surface area contributed by atoms with Gasteiger partial charge < -0.3 is 15.0 Å². The minimum Gasteiger partial charge on any atom is -0.484 e. The standard InChI is InChI=1S/C18H26N2O3/c1-13(2)16-7-6-15(10-14(16)3)23-12-17(21)19-11-18(22)20-8-4-5-9-20/h6-7,10,13H,4-5,8-9,11-12H2,1-3H3,(H,19,21). The molecule has 1 saturated heterocycles. The highest BCUT2D eigenvalue weighted by atomic mass is 16.5. The first-order chi connectivity index (χ1) is 11.0. The summed E-state index contributed by atoms with van der Waals surface area (Å²) in [6.45, 7) is 7.90. The largest absolute Gasteiger partial charge is 0.484 e. The van der Waals surface area contributed by atoms with Gasteiger partial charge >= 0.3 is 0 Å². The van der Waals surface area contributed by atoms with Gasteiger partial charge in [0.2, 0.25) is 5.91 Å². The maximum atomic E-state index is 11.8.